The minimum atomic E-state index is -0.871. The molecule has 1 fully saturated rings. The molecule has 3 rings (SSSR count). The quantitative estimate of drug-likeness (QED) is 0.903. The summed E-state index contributed by atoms with van der Waals surface area (Å²) >= 11 is 0. The molecule has 0 unspecified atom stereocenters. The maximum Gasteiger partial charge on any atom is 0.325 e. The summed E-state index contributed by atoms with van der Waals surface area (Å²) in [6.07, 6.45) is 1.68. The van der Waals surface area contributed by atoms with E-state index in [0.29, 0.717) is 24.2 Å². The first-order valence-corrected chi connectivity index (χ1v) is 6.98. The van der Waals surface area contributed by atoms with Gasteiger partial charge in [-0.1, -0.05) is 0 Å². The molecule has 0 amide bonds. The Balaban J connectivity index is 1.98. The van der Waals surface area contributed by atoms with E-state index < -0.39 is 12.0 Å². The Morgan fingerprint density at radius 3 is 2.71 bits per heavy atom. The number of nitrogens with one attached hydrogen (secondary N) is 1. The molecule has 2 heterocycles. The van der Waals surface area contributed by atoms with Crippen LogP contribution in [0.1, 0.15) is 11.6 Å². The zero-order valence-corrected chi connectivity index (χ0v) is 11.8. The third-order valence-corrected chi connectivity index (χ3v) is 4.11. The van der Waals surface area contributed by atoms with Gasteiger partial charge in [-0.25, -0.2) is 4.39 Å². The zero-order valence-electron chi connectivity index (χ0n) is 11.8. The van der Waals surface area contributed by atoms with Crippen LogP contribution in [0.4, 0.5) is 4.39 Å². The number of piperazine rings is 1. The van der Waals surface area contributed by atoms with Crippen molar-refractivity contribution in [3.8, 4) is 0 Å². The second-order valence-corrected chi connectivity index (χ2v) is 5.51. The number of carbonyl (C=O) groups is 1. The summed E-state index contributed by atoms with van der Waals surface area (Å²) in [5.74, 6) is -1.20. The van der Waals surface area contributed by atoms with Crippen LogP contribution in [-0.4, -0.2) is 59.1 Å². The molecule has 2 aromatic rings. The van der Waals surface area contributed by atoms with Gasteiger partial charge in [0, 0.05) is 48.8 Å². The normalized spacial score (nSPS) is 19.0. The molecule has 1 aliphatic rings. The smallest absolute Gasteiger partial charge is 0.325 e. The lowest BCUT2D eigenvalue weighted by Crippen LogP contribution is -2.47. The average molecular weight is 291 g/mol. The fourth-order valence-electron chi connectivity index (χ4n) is 2.91. The molecule has 1 atom stereocenters. The SMILES string of the molecule is CN1CCN([C@@H](C(=O)O)c2c[nH]c3cc(F)ccc23)CC1. The number of aromatic nitrogens is 1. The number of H-pyrrole nitrogens is 1. The Hall–Kier alpha value is -1.92. The van der Waals surface area contributed by atoms with Crippen LogP contribution in [0.15, 0.2) is 24.4 Å². The van der Waals surface area contributed by atoms with E-state index in [-0.39, 0.29) is 5.82 Å². The van der Waals surface area contributed by atoms with Crippen LogP contribution in [0.3, 0.4) is 0 Å². The van der Waals surface area contributed by atoms with Crippen LogP contribution in [0.5, 0.6) is 0 Å². The minimum absolute atomic E-state index is 0.331. The Labute approximate surface area is 122 Å². The molecule has 6 heteroatoms. The van der Waals surface area contributed by atoms with Crippen LogP contribution < -0.4 is 0 Å². The van der Waals surface area contributed by atoms with Gasteiger partial charge < -0.3 is 15.0 Å². The van der Waals surface area contributed by atoms with E-state index in [0.717, 1.165) is 18.5 Å². The summed E-state index contributed by atoms with van der Waals surface area (Å²) in [5.41, 5.74) is 1.33. The first kappa shape index (κ1) is 14.0. The van der Waals surface area contributed by atoms with Gasteiger partial charge in [0.25, 0.3) is 0 Å². The second-order valence-electron chi connectivity index (χ2n) is 5.51. The maximum absolute atomic E-state index is 13.3. The maximum atomic E-state index is 13.3. The van der Waals surface area contributed by atoms with Crippen molar-refractivity contribution in [2.24, 2.45) is 0 Å². The zero-order chi connectivity index (χ0) is 15.0. The average Bonchev–Trinajstić information content (AvgIpc) is 2.84. The summed E-state index contributed by atoms with van der Waals surface area (Å²) in [4.78, 5) is 18.9. The highest BCUT2D eigenvalue weighted by molar-refractivity contribution is 5.89. The number of aromatic amines is 1. The molecule has 5 nitrogen and oxygen atoms in total. The van der Waals surface area contributed by atoms with E-state index in [4.69, 9.17) is 0 Å². The van der Waals surface area contributed by atoms with Gasteiger partial charge >= 0.3 is 5.97 Å². The van der Waals surface area contributed by atoms with Crippen molar-refractivity contribution in [1.29, 1.82) is 0 Å². The fourth-order valence-corrected chi connectivity index (χ4v) is 2.91. The van der Waals surface area contributed by atoms with Crippen molar-refractivity contribution < 1.29 is 14.3 Å². The van der Waals surface area contributed by atoms with Crippen molar-refractivity contribution in [3.05, 3.63) is 35.8 Å². The van der Waals surface area contributed by atoms with E-state index in [1.165, 1.54) is 12.1 Å². The van der Waals surface area contributed by atoms with Gasteiger partial charge in [0.05, 0.1) is 0 Å². The van der Waals surface area contributed by atoms with Gasteiger partial charge in [-0.15, -0.1) is 0 Å². The lowest BCUT2D eigenvalue weighted by molar-refractivity contribution is -0.144. The van der Waals surface area contributed by atoms with E-state index >= 15 is 0 Å². The third-order valence-electron chi connectivity index (χ3n) is 4.11. The Morgan fingerprint density at radius 1 is 1.33 bits per heavy atom. The Morgan fingerprint density at radius 2 is 2.05 bits per heavy atom. The number of nitrogens with zero attached hydrogens (tertiary/aromatic N) is 2. The molecule has 112 valence electrons. The number of fused-ring (bicyclic) bond motifs is 1. The monoisotopic (exact) mass is 291 g/mol. The molecule has 1 aromatic carbocycles. The van der Waals surface area contributed by atoms with E-state index in [1.807, 2.05) is 11.9 Å². The first-order chi connectivity index (χ1) is 10.1. The highest BCUT2D eigenvalue weighted by atomic mass is 19.1. The Kier molecular flexibility index (Phi) is 3.65. The number of rotatable bonds is 3. The molecule has 1 aromatic heterocycles. The summed E-state index contributed by atoms with van der Waals surface area (Å²) < 4.78 is 13.3. The number of likely N-dealkylation sites (N-methyl/N-ethyl adjacent to an activating group) is 1. The number of benzene rings is 1. The predicted molar refractivity (Wildman–Crippen MR) is 77.7 cm³/mol. The second kappa shape index (κ2) is 5.46. The van der Waals surface area contributed by atoms with Gasteiger partial charge in [0.2, 0.25) is 0 Å². The topological polar surface area (TPSA) is 59.6 Å². The fraction of sp³-hybridized carbons (Fsp3) is 0.400. The van der Waals surface area contributed by atoms with Crippen molar-refractivity contribution in [2.75, 3.05) is 33.2 Å². The van der Waals surface area contributed by atoms with Crippen molar-refractivity contribution >= 4 is 16.9 Å². The van der Waals surface area contributed by atoms with Gasteiger partial charge in [0.15, 0.2) is 0 Å². The van der Waals surface area contributed by atoms with E-state index in [2.05, 4.69) is 9.88 Å². The number of hydrogen-bond acceptors (Lipinski definition) is 3. The molecular weight excluding hydrogens is 273 g/mol. The van der Waals surface area contributed by atoms with E-state index in [1.54, 1.807) is 12.3 Å². The van der Waals surface area contributed by atoms with Gasteiger partial charge in [-0.05, 0) is 25.2 Å². The molecule has 0 radical (unpaired) electrons. The van der Waals surface area contributed by atoms with Crippen LogP contribution in [0.2, 0.25) is 0 Å². The lowest BCUT2D eigenvalue weighted by Gasteiger charge is -2.36. The van der Waals surface area contributed by atoms with E-state index in [9.17, 15) is 14.3 Å². The molecule has 0 saturated carbocycles. The first-order valence-electron chi connectivity index (χ1n) is 6.98. The highest BCUT2D eigenvalue weighted by Crippen LogP contribution is 2.29. The molecule has 0 aliphatic carbocycles. The number of carboxylic acid groups (broad SMARTS) is 1. The highest BCUT2D eigenvalue weighted by Gasteiger charge is 2.31. The molecule has 1 aliphatic heterocycles. The summed E-state index contributed by atoms with van der Waals surface area (Å²) in [6.45, 7) is 3.12. The molecule has 0 bridgehead atoms. The number of hydrogen-bond donors (Lipinski definition) is 2. The standard InChI is InChI=1S/C15H18FN3O2/c1-18-4-6-19(7-5-18)14(15(20)21)12-9-17-13-8-10(16)2-3-11(12)13/h2-3,8-9,14,17H,4-7H2,1H3,(H,20,21)/t14-/m1/s1. The molecule has 21 heavy (non-hydrogen) atoms. The van der Waals surface area contributed by atoms with Gasteiger partial charge in [0.1, 0.15) is 11.9 Å². The number of carboxylic acids is 1. The van der Waals surface area contributed by atoms with Crippen LogP contribution in [-0.2, 0) is 4.79 Å². The van der Waals surface area contributed by atoms with Crippen LogP contribution in [0.25, 0.3) is 10.9 Å². The predicted octanol–water partition coefficient (Wildman–Crippen LogP) is 1.68. The van der Waals surface area contributed by atoms with Gasteiger partial charge in [-0.3, -0.25) is 9.69 Å². The van der Waals surface area contributed by atoms with Crippen molar-refractivity contribution in [3.63, 3.8) is 0 Å². The summed E-state index contributed by atoms with van der Waals surface area (Å²) in [5, 5.41) is 10.4. The molecular formula is C15H18FN3O2. The summed E-state index contributed by atoms with van der Waals surface area (Å²) in [6, 6.07) is 3.70. The molecule has 0 spiro atoms. The van der Waals surface area contributed by atoms with Crippen molar-refractivity contribution in [2.45, 2.75) is 6.04 Å². The lowest BCUT2D eigenvalue weighted by atomic mass is 10.0. The number of halogens is 1. The molecule has 1 saturated heterocycles. The van der Waals surface area contributed by atoms with Crippen molar-refractivity contribution in [1.82, 2.24) is 14.8 Å². The third kappa shape index (κ3) is 2.64. The largest absolute Gasteiger partial charge is 0.480 e. The minimum Gasteiger partial charge on any atom is -0.480 e. The number of aliphatic carboxylic acids is 1. The Bertz CT molecular complexity index is 662. The van der Waals surface area contributed by atoms with Gasteiger partial charge in [-0.2, -0.15) is 0 Å². The summed E-state index contributed by atoms with van der Waals surface area (Å²) in [7, 11) is 2.03. The van der Waals surface area contributed by atoms with Crippen LogP contribution in [0, 0.1) is 5.82 Å². The molecule has 2 N–H and O–H groups in total. The van der Waals surface area contributed by atoms with Crippen LogP contribution >= 0.6 is 0 Å².